The van der Waals surface area contributed by atoms with Crippen molar-refractivity contribution in [3.63, 3.8) is 0 Å². The summed E-state index contributed by atoms with van der Waals surface area (Å²) in [5.41, 5.74) is 2.88. The maximum Gasteiger partial charge on any atom is 0.152 e. The molecule has 0 aliphatic heterocycles. The van der Waals surface area contributed by atoms with Gasteiger partial charge in [0.25, 0.3) is 0 Å². The first kappa shape index (κ1) is 17.2. The molecule has 0 atom stereocenters. The molecule has 4 nitrogen and oxygen atoms in total. The van der Waals surface area contributed by atoms with Gasteiger partial charge < -0.3 is 0 Å². The lowest BCUT2D eigenvalue weighted by Crippen LogP contribution is -2.05. The first-order valence-electron chi connectivity index (χ1n) is 7.59. The van der Waals surface area contributed by atoms with Crippen LogP contribution in [0.2, 0.25) is 0 Å². The van der Waals surface area contributed by atoms with E-state index in [0.717, 1.165) is 29.8 Å². The second-order valence-corrected chi connectivity index (χ2v) is 5.53. The fourth-order valence-corrected chi connectivity index (χ4v) is 2.30. The molecular formula is C18H20ClN3O. The lowest BCUT2D eigenvalue weighted by Gasteiger charge is -2.03. The number of aromatic nitrogens is 3. The summed E-state index contributed by atoms with van der Waals surface area (Å²) in [5.74, 6) is 0.577. The highest BCUT2D eigenvalue weighted by Gasteiger charge is 2.09. The normalized spacial score (nSPS) is 11.6. The van der Waals surface area contributed by atoms with Gasteiger partial charge in [-0.25, -0.2) is 4.68 Å². The number of carbonyl (C=O) groups excluding carboxylic acids is 1. The molecule has 23 heavy (non-hydrogen) atoms. The Hall–Kier alpha value is -2.20. The number of hydrogen-bond acceptors (Lipinski definition) is 3. The summed E-state index contributed by atoms with van der Waals surface area (Å²) in [6.45, 7) is 2.15. The molecule has 1 heterocycles. The molecule has 2 aromatic rings. The van der Waals surface area contributed by atoms with Gasteiger partial charge in [0.05, 0.1) is 12.2 Å². The molecule has 0 unspecified atom stereocenters. The molecule has 0 N–H and O–H groups in total. The summed E-state index contributed by atoms with van der Waals surface area (Å²) >= 11 is 5.80. The number of hydrogen-bond donors (Lipinski definition) is 0. The summed E-state index contributed by atoms with van der Waals surface area (Å²) in [5, 5.41) is 8.35. The number of alkyl halides is 1. The molecule has 0 bridgehead atoms. The van der Waals surface area contributed by atoms with Gasteiger partial charge in [0.15, 0.2) is 5.78 Å². The standard InChI is InChI=1S/C18H20ClN3O/c1-15(23)11-12-17-18(10-5-13-19)22(21-20-17)14-6-9-16-7-3-2-4-8-16/h2-4,6-9,11-12H,5,10,13-14H2,1H3/b9-6?,12-11+. The SMILES string of the molecule is CC(=O)/C=C/c1nnn(CC=Cc2ccccc2)c1CCCCl. The first-order chi connectivity index (χ1) is 11.2. The van der Waals surface area contributed by atoms with E-state index in [9.17, 15) is 4.79 Å². The second kappa shape index (κ2) is 9.06. The molecule has 2 rings (SSSR count). The predicted octanol–water partition coefficient (Wildman–Crippen LogP) is 3.77. The molecule has 1 aromatic heterocycles. The van der Waals surface area contributed by atoms with Crippen molar-refractivity contribution >= 4 is 29.5 Å². The molecule has 0 aliphatic carbocycles. The third kappa shape index (κ3) is 5.49. The molecule has 0 fully saturated rings. The number of nitrogens with zero attached hydrogens (tertiary/aromatic N) is 3. The van der Waals surface area contributed by atoms with Gasteiger partial charge in [-0.3, -0.25) is 4.79 Å². The number of ketones is 1. The topological polar surface area (TPSA) is 47.8 Å². The van der Waals surface area contributed by atoms with Crippen LogP contribution in [0.5, 0.6) is 0 Å². The van der Waals surface area contributed by atoms with E-state index >= 15 is 0 Å². The van der Waals surface area contributed by atoms with Crippen LogP contribution in [-0.4, -0.2) is 26.7 Å². The van der Waals surface area contributed by atoms with E-state index in [1.165, 1.54) is 13.0 Å². The summed E-state index contributed by atoms with van der Waals surface area (Å²) in [4.78, 5) is 11.1. The van der Waals surface area contributed by atoms with Crippen molar-refractivity contribution in [1.29, 1.82) is 0 Å². The Labute approximate surface area is 141 Å². The van der Waals surface area contributed by atoms with Crippen molar-refractivity contribution in [2.75, 3.05) is 5.88 Å². The fraction of sp³-hybridized carbons (Fsp3) is 0.278. The van der Waals surface area contributed by atoms with E-state index in [4.69, 9.17) is 11.6 Å². The number of carbonyl (C=O) groups is 1. The molecule has 0 radical (unpaired) electrons. The number of halogens is 1. The van der Waals surface area contributed by atoms with E-state index < -0.39 is 0 Å². The van der Waals surface area contributed by atoms with Crippen molar-refractivity contribution in [3.8, 4) is 0 Å². The maximum absolute atomic E-state index is 11.1. The molecule has 0 saturated carbocycles. The zero-order valence-electron chi connectivity index (χ0n) is 13.2. The molecule has 0 amide bonds. The fourth-order valence-electron chi connectivity index (χ4n) is 2.16. The summed E-state index contributed by atoms with van der Waals surface area (Å²) in [6, 6.07) is 10.1. The van der Waals surface area contributed by atoms with Crippen LogP contribution < -0.4 is 0 Å². The van der Waals surface area contributed by atoms with Crippen LogP contribution in [0.4, 0.5) is 0 Å². The van der Waals surface area contributed by atoms with Crippen LogP contribution in [0.3, 0.4) is 0 Å². The highest BCUT2D eigenvalue weighted by atomic mass is 35.5. The van der Waals surface area contributed by atoms with Gasteiger partial charge >= 0.3 is 0 Å². The predicted molar refractivity (Wildman–Crippen MR) is 94.3 cm³/mol. The quantitative estimate of drug-likeness (QED) is 0.547. The van der Waals surface area contributed by atoms with Crippen molar-refractivity contribution in [2.45, 2.75) is 26.3 Å². The minimum Gasteiger partial charge on any atom is -0.295 e. The molecule has 120 valence electrons. The minimum absolute atomic E-state index is 0.00758. The van der Waals surface area contributed by atoms with Crippen molar-refractivity contribution < 1.29 is 4.79 Å². The van der Waals surface area contributed by atoms with Crippen LogP contribution in [0, 0.1) is 0 Å². The van der Waals surface area contributed by atoms with E-state index in [2.05, 4.69) is 16.4 Å². The van der Waals surface area contributed by atoms with Gasteiger partial charge in [-0.1, -0.05) is 47.7 Å². The Morgan fingerprint density at radius 1 is 1.26 bits per heavy atom. The molecular weight excluding hydrogens is 310 g/mol. The maximum atomic E-state index is 11.1. The van der Waals surface area contributed by atoms with Crippen LogP contribution >= 0.6 is 11.6 Å². The summed E-state index contributed by atoms with van der Waals surface area (Å²) in [6.07, 6.45) is 8.96. The minimum atomic E-state index is -0.00758. The van der Waals surface area contributed by atoms with E-state index in [-0.39, 0.29) is 5.78 Å². The van der Waals surface area contributed by atoms with E-state index in [0.29, 0.717) is 12.4 Å². The second-order valence-electron chi connectivity index (χ2n) is 5.15. The van der Waals surface area contributed by atoms with Crippen LogP contribution in [0.15, 0.2) is 42.5 Å². The third-order valence-electron chi connectivity index (χ3n) is 3.28. The number of benzene rings is 1. The Morgan fingerprint density at radius 2 is 2.04 bits per heavy atom. The van der Waals surface area contributed by atoms with Crippen molar-refractivity contribution in [3.05, 3.63) is 59.4 Å². The summed E-state index contributed by atoms with van der Waals surface area (Å²) in [7, 11) is 0. The Bertz CT molecular complexity index is 690. The van der Waals surface area contributed by atoms with Gasteiger partial charge in [-0.15, -0.1) is 16.7 Å². The lowest BCUT2D eigenvalue weighted by atomic mass is 10.2. The highest BCUT2D eigenvalue weighted by molar-refractivity contribution is 6.17. The van der Waals surface area contributed by atoms with Gasteiger partial charge in [-0.05, 0) is 37.5 Å². The summed E-state index contributed by atoms with van der Waals surface area (Å²) < 4.78 is 1.85. The number of rotatable bonds is 8. The van der Waals surface area contributed by atoms with E-state index in [1.807, 2.05) is 41.1 Å². The van der Waals surface area contributed by atoms with Crippen LogP contribution in [0.25, 0.3) is 12.2 Å². The molecule has 5 heteroatoms. The lowest BCUT2D eigenvalue weighted by molar-refractivity contribution is -0.112. The van der Waals surface area contributed by atoms with Crippen LogP contribution in [0.1, 0.15) is 30.3 Å². The molecule has 1 aromatic carbocycles. The number of allylic oxidation sites excluding steroid dienone is 2. The van der Waals surface area contributed by atoms with Gasteiger partial charge in [0.2, 0.25) is 0 Å². The Morgan fingerprint density at radius 3 is 2.74 bits per heavy atom. The average molecular weight is 330 g/mol. The van der Waals surface area contributed by atoms with Gasteiger partial charge in [0, 0.05) is 5.88 Å². The van der Waals surface area contributed by atoms with Gasteiger partial charge in [0.1, 0.15) is 5.69 Å². The van der Waals surface area contributed by atoms with Gasteiger partial charge in [-0.2, -0.15) is 0 Å². The molecule has 0 saturated heterocycles. The smallest absolute Gasteiger partial charge is 0.152 e. The first-order valence-corrected chi connectivity index (χ1v) is 8.12. The zero-order valence-corrected chi connectivity index (χ0v) is 13.9. The van der Waals surface area contributed by atoms with E-state index in [1.54, 1.807) is 6.08 Å². The average Bonchev–Trinajstić information content (AvgIpc) is 2.94. The Balaban J connectivity index is 2.13. The van der Waals surface area contributed by atoms with Crippen molar-refractivity contribution in [2.24, 2.45) is 0 Å². The van der Waals surface area contributed by atoms with Crippen LogP contribution in [-0.2, 0) is 17.8 Å². The largest absolute Gasteiger partial charge is 0.295 e. The third-order valence-corrected chi connectivity index (χ3v) is 3.55. The zero-order chi connectivity index (χ0) is 16.5. The monoisotopic (exact) mass is 329 g/mol. The van der Waals surface area contributed by atoms with Crippen molar-refractivity contribution in [1.82, 2.24) is 15.0 Å². The Kier molecular flexibility index (Phi) is 6.76. The molecule has 0 aliphatic rings. The molecule has 0 spiro atoms. The highest BCUT2D eigenvalue weighted by Crippen LogP contribution is 2.12.